The van der Waals surface area contributed by atoms with Crippen LogP contribution in [0.2, 0.25) is 0 Å². The Morgan fingerprint density at radius 1 is 1.21 bits per heavy atom. The number of nitrogens with one attached hydrogen (secondary N) is 1. The molecule has 4 fully saturated rings. The molecule has 5 rings (SSSR count). The summed E-state index contributed by atoms with van der Waals surface area (Å²) in [6, 6.07) is 5.02. The number of benzene rings is 1. The highest BCUT2D eigenvalue weighted by molar-refractivity contribution is 5.53. The number of rotatable bonds is 1. The van der Waals surface area contributed by atoms with Crippen molar-refractivity contribution in [1.82, 2.24) is 5.32 Å². The Morgan fingerprint density at radius 3 is 2.57 bits per heavy atom. The van der Waals surface area contributed by atoms with Gasteiger partial charge in [-0.05, 0) is 29.5 Å². The first-order valence-corrected chi connectivity index (χ1v) is 4.94. The van der Waals surface area contributed by atoms with Gasteiger partial charge in [0.2, 0.25) is 0 Å². The van der Waals surface area contributed by atoms with E-state index in [1.54, 1.807) is 6.07 Å². The zero-order valence-electron chi connectivity index (χ0n) is 7.43. The fourth-order valence-corrected chi connectivity index (χ4v) is 3.38. The van der Waals surface area contributed by atoms with Crippen molar-refractivity contribution < 1.29 is 8.78 Å². The molecule has 2 saturated carbocycles. The smallest absolute Gasteiger partial charge is 0.159 e. The van der Waals surface area contributed by atoms with Crippen LogP contribution in [0.25, 0.3) is 0 Å². The summed E-state index contributed by atoms with van der Waals surface area (Å²) in [7, 11) is 0. The summed E-state index contributed by atoms with van der Waals surface area (Å²) in [6.45, 7) is 0.943. The Kier molecular flexibility index (Phi) is 0.979. The quantitative estimate of drug-likeness (QED) is 0.711. The molecule has 2 saturated heterocycles. The van der Waals surface area contributed by atoms with Crippen LogP contribution in [0.5, 0.6) is 0 Å². The minimum atomic E-state index is -0.748. The van der Waals surface area contributed by atoms with Gasteiger partial charge in [0.05, 0.1) is 0 Å². The Hall–Kier alpha value is -0.960. The van der Waals surface area contributed by atoms with Crippen LogP contribution in [-0.2, 0) is 5.41 Å². The topological polar surface area (TPSA) is 12.0 Å². The Bertz CT molecular complexity index is 433. The second-order valence-corrected chi connectivity index (χ2v) is 4.63. The summed E-state index contributed by atoms with van der Waals surface area (Å²) in [4.78, 5) is 0. The largest absolute Gasteiger partial charge is 0.312 e. The highest BCUT2D eigenvalue weighted by Crippen LogP contribution is 2.80. The van der Waals surface area contributed by atoms with E-state index in [1.807, 2.05) is 0 Å². The lowest BCUT2D eigenvalue weighted by Crippen LogP contribution is -2.17. The first-order chi connectivity index (χ1) is 6.75. The third-order valence-electron chi connectivity index (χ3n) is 4.19. The molecule has 1 aromatic rings. The van der Waals surface area contributed by atoms with E-state index in [0.29, 0.717) is 17.9 Å². The first-order valence-electron chi connectivity index (χ1n) is 4.94. The fourth-order valence-electron chi connectivity index (χ4n) is 3.38. The Morgan fingerprint density at radius 2 is 2.00 bits per heavy atom. The van der Waals surface area contributed by atoms with Crippen molar-refractivity contribution in [3.8, 4) is 0 Å². The molecule has 4 aliphatic rings. The minimum absolute atomic E-state index is 0.180. The third-order valence-corrected chi connectivity index (χ3v) is 4.19. The van der Waals surface area contributed by atoms with E-state index in [1.165, 1.54) is 12.1 Å². The van der Waals surface area contributed by atoms with Gasteiger partial charge < -0.3 is 5.32 Å². The van der Waals surface area contributed by atoms with Crippen molar-refractivity contribution in [2.75, 3.05) is 6.54 Å². The zero-order valence-corrected chi connectivity index (χ0v) is 7.43. The second-order valence-electron chi connectivity index (χ2n) is 4.63. The molecule has 2 atom stereocenters. The average molecular weight is 193 g/mol. The van der Waals surface area contributed by atoms with Gasteiger partial charge in [-0.15, -0.1) is 0 Å². The number of halogens is 2. The van der Waals surface area contributed by atoms with Crippen molar-refractivity contribution in [3.63, 3.8) is 0 Å². The van der Waals surface area contributed by atoms with E-state index in [-0.39, 0.29) is 5.41 Å². The molecular formula is C11H9F2N. The molecule has 3 heteroatoms. The predicted molar refractivity (Wildman–Crippen MR) is 46.8 cm³/mol. The minimum Gasteiger partial charge on any atom is -0.312 e. The van der Waals surface area contributed by atoms with Crippen LogP contribution in [0, 0.1) is 23.5 Å². The summed E-state index contributed by atoms with van der Waals surface area (Å²) < 4.78 is 25.8. The first kappa shape index (κ1) is 7.35. The number of piperidine rings is 1. The van der Waals surface area contributed by atoms with Gasteiger partial charge in [0.1, 0.15) is 0 Å². The monoisotopic (exact) mass is 193 g/mol. The summed E-state index contributed by atoms with van der Waals surface area (Å²) >= 11 is 0. The van der Waals surface area contributed by atoms with Crippen LogP contribution >= 0.6 is 0 Å². The van der Waals surface area contributed by atoms with Gasteiger partial charge in [0.15, 0.2) is 11.6 Å². The summed E-state index contributed by atoms with van der Waals surface area (Å²) in [5.74, 6) is -0.0340. The molecular weight excluding hydrogens is 184 g/mol. The van der Waals surface area contributed by atoms with E-state index >= 15 is 0 Å². The Balaban J connectivity index is 1.81. The van der Waals surface area contributed by atoms with Gasteiger partial charge in [-0.2, -0.15) is 0 Å². The summed E-state index contributed by atoms with van der Waals surface area (Å²) in [5.41, 5.74) is 1.16. The molecule has 0 amide bonds. The van der Waals surface area contributed by atoms with E-state index in [2.05, 4.69) is 5.32 Å². The van der Waals surface area contributed by atoms with Gasteiger partial charge in [0.25, 0.3) is 0 Å². The van der Waals surface area contributed by atoms with Gasteiger partial charge in [-0.25, -0.2) is 8.78 Å². The highest BCUT2D eigenvalue weighted by Gasteiger charge is 2.87. The molecule has 2 unspecified atom stereocenters. The Labute approximate surface area is 80.1 Å². The van der Waals surface area contributed by atoms with Crippen molar-refractivity contribution >= 4 is 0 Å². The molecule has 1 aromatic carbocycles. The van der Waals surface area contributed by atoms with Gasteiger partial charge in [-0.1, -0.05) is 6.07 Å². The van der Waals surface area contributed by atoms with E-state index in [9.17, 15) is 8.78 Å². The van der Waals surface area contributed by atoms with Crippen molar-refractivity contribution in [1.29, 1.82) is 0 Å². The molecule has 2 aliphatic carbocycles. The lowest BCUT2D eigenvalue weighted by Gasteiger charge is -2.15. The zero-order chi connectivity index (χ0) is 9.50. The van der Waals surface area contributed by atoms with Crippen LogP contribution in [-0.4, -0.2) is 12.6 Å². The molecule has 72 valence electrons. The molecule has 14 heavy (non-hydrogen) atoms. The maximum Gasteiger partial charge on any atom is 0.159 e. The van der Waals surface area contributed by atoms with Gasteiger partial charge >= 0.3 is 0 Å². The lowest BCUT2D eigenvalue weighted by molar-refractivity contribution is 0.501. The molecule has 0 aromatic heterocycles. The van der Waals surface area contributed by atoms with E-state index < -0.39 is 11.6 Å². The standard InChI is InChI=1S/C11H9F2N/c12-6-2-1-5(3-7(6)13)11-4-14-10-8(11)9(10)11/h1-3,8-10,14H,4H2. The second kappa shape index (κ2) is 1.87. The predicted octanol–water partition coefficient (Wildman–Crippen LogP) is 1.43. The summed E-state index contributed by atoms with van der Waals surface area (Å²) in [6.07, 6.45) is 0. The van der Waals surface area contributed by atoms with Crippen LogP contribution < -0.4 is 5.32 Å². The van der Waals surface area contributed by atoms with Crippen molar-refractivity contribution in [2.24, 2.45) is 11.8 Å². The number of fused-ring (bicyclic) bond motifs is 1. The molecule has 0 spiro atoms. The third kappa shape index (κ3) is 0.574. The molecule has 2 bridgehead atoms. The van der Waals surface area contributed by atoms with Crippen LogP contribution in [0.15, 0.2) is 18.2 Å². The van der Waals surface area contributed by atoms with E-state index in [4.69, 9.17) is 0 Å². The molecule has 1 N–H and O–H groups in total. The number of hydrogen-bond acceptors (Lipinski definition) is 1. The maximum absolute atomic E-state index is 13.0. The average Bonchev–Trinajstić information content (AvgIpc) is 2.96. The van der Waals surface area contributed by atoms with Crippen molar-refractivity contribution in [2.45, 2.75) is 11.5 Å². The normalized spacial score (nSPS) is 46.3. The van der Waals surface area contributed by atoms with E-state index in [0.717, 1.165) is 12.1 Å². The SMILES string of the molecule is Fc1ccc(C23CNC4C2C43)cc1F. The van der Waals surface area contributed by atoms with Crippen molar-refractivity contribution in [3.05, 3.63) is 35.4 Å². The van der Waals surface area contributed by atoms with Gasteiger partial charge in [0, 0.05) is 18.0 Å². The van der Waals surface area contributed by atoms with Crippen LogP contribution in [0.4, 0.5) is 8.78 Å². The molecule has 0 radical (unpaired) electrons. The summed E-state index contributed by atoms with van der Waals surface area (Å²) in [5, 5.41) is 3.39. The van der Waals surface area contributed by atoms with Gasteiger partial charge in [-0.3, -0.25) is 0 Å². The van der Waals surface area contributed by atoms with Crippen LogP contribution in [0.1, 0.15) is 5.56 Å². The number of hydrogen-bond donors (Lipinski definition) is 1. The molecule has 2 aliphatic heterocycles. The highest BCUT2D eigenvalue weighted by atomic mass is 19.2. The maximum atomic E-state index is 13.0. The fraction of sp³-hybridized carbons (Fsp3) is 0.455. The molecule has 2 heterocycles. The van der Waals surface area contributed by atoms with Crippen LogP contribution in [0.3, 0.4) is 0 Å². The lowest BCUT2D eigenvalue weighted by atomic mass is 9.88. The molecule has 1 nitrogen and oxygen atoms in total.